The van der Waals surface area contributed by atoms with E-state index in [9.17, 15) is 4.79 Å². The summed E-state index contributed by atoms with van der Waals surface area (Å²) in [5.41, 5.74) is 1.10. The minimum absolute atomic E-state index is 0.108. The number of carbonyl (C=O) groups excluding carboxylic acids is 1. The molecule has 1 rings (SSSR count). The highest BCUT2D eigenvalue weighted by molar-refractivity contribution is 9.10. The molecule has 0 spiro atoms. The number of carbonyl (C=O) groups is 1. The summed E-state index contributed by atoms with van der Waals surface area (Å²) in [6, 6.07) is 8.40. The van der Waals surface area contributed by atoms with Gasteiger partial charge in [-0.15, -0.1) is 0 Å². The Kier molecular flexibility index (Phi) is 6.98. The predicted octanol–water partition coefficient (Wildman–Crippen LogP) is 2.84. The van der Waals surface area contributed by atoms with Gasteiger partial charge in [0.2, 0.25) is 5.91 Å². The fourth-order valence-electron chi connectivity index (χ4n) is 1.56. The van der Waals surface area contributed by atoms with Crippen molar-refractivity contribution in [3.8, 4) is 0 Å². The summed E-state index contributed by atoms with van der Waals surface area (Å²) in [5.74, 6) is 0.108. The molecule has 3 nitrogen and oxygen atoms in total. The van der Waals surface area contributed by atoms with Crippen LogP contribution in [0.2, 0.25) is 0 Å². The monoisotopic (exact) mass is 312 g/mol. The Labute approximate surface area is 117 Å². The van der Waals surface area contributed by atoms with E-state index < -0.39 is 0 Å². The van der Waals surface area contributed by atoms with E-state index in [2.05, 4.69) is 40.4 Å². The van der Waals surface area contributed by atoms with Crippen LogP contribution in [0.4, 0.5) is 0 Å². The summed E-state index contributed by atoms with van der Waals surface area (Å²) in [6.45, 7) is 5.68. The maximum atomic E-state index is 11.6. The second-order valence-corrected chi connectivity index (χ2v) is 5.43. The summed E-state index contributed by atoms with van der Waals surface area (Å²) < 4.78 is 1.03. The van der Waals surface area contributed by atoms with E-state index in [4.69, 9.17) is 0 Å². The van der Waals surface area contributed by atoms with Crippen LogP contribution in [0.1, 0.15) is 32.3 Å². The van der Waals surface area contributed by atoms with Crippen LogP contribution in [-0.2, 0) is 11.3 Å². The standard InChI is InChI=1S/C14H21BrN2O/c1-11(2)16-9-5-8-14(18)17-10-12-6-3-4-7-13(12)15/h3-4,6-7,11,16H,5,8-10H2,1-2H3,(H,17,18). The number of halogens is 1. The lowest BCUT2D eigenvalue weighted by molar-refractivity contribution is -0.121. The molecule has 0 aromatic heterocycles. The fourth-order valence-corrected chi connectivity index (χ4v) is 1.99. The van der Waals surface area contributed by atoms with Gasteiger partial charge in [0.1, 0.15) is 0 Å². The Hall–Kier alpha value is -0.870. The lowest BCUT2D eigenvalue weighted by Gasteiger charge is -2.09. The summed E-state index contributed by atoms with van der Waals surface area (Å²) in [4.78, 5) is 11.6. The Morgan fingerprint density at radius 2 is 2.06 bits per heavy atom. The number of amides is 1. The van der Waals surface area contributed by atoms with E-state index in [1.54, 1.807) is 0 Å². The molecule has 4 heteroatoms. The lowest BCUT2D eigenvalue weighted by Crippen LogP contribution is -2.27. The van der Waals surface area contributed by atoms with Crippen LogP contribution >= 0.6 is 15.9 Å². The molecule has 1 aromatic rings. The van der Waals surface area contributed by atoms with Crippen LogP contribution < -0.4 is 10.6 Å². The summed E-state index contributed by atoms with van der Waals surface area (Å²) in [7, 11) is 0. The molecular weight excluding hydrogens is 292 g/mol. The van der Waals surface area contributed by atoms with Gasteiger partial charge in [-0.25, -0.2) is 0 Å². The van der Waals surface area contributed by atoms with Gasteiger partial charge in [-0.1, -0.05) is 48.0 Å². The van der Waals surface area contributed by atoms with Crippen molar-refractivity contribution in [2.24, 2.45) is 0 Å². The van der Waals surface area contributed by atoms with Crippen molar-refractivity contribution < 1.29 is 4.79 Å². The van der Waals surface area contributed by atoms with Gasteiger partial charge < -0.3 is 10.6 Å². The molecule has 0 saturated heterocycles. The smallest absolute Gasteiger partial charge is 0.220 e. The summed E-state index contributed by atoms with van der Waals surface area (Å²) in [6.07, 6.45) is 1.45. The highest BCUT2D eigenvalue weighted by Crippen LogP contribution is 2.15. The number of hydrogen-bond donors (Lipinski definition) is 2. The quantitative estimate of drug-likeness (QED) is 0.760. The summed E-state index contributed by atoms with van der Waals surface area (Å²) in [5, 5.41) is 6.23. The second-order valence-electron chi connectivity index (χ2n) is 4.58. The first-order valence-corrected chi connectivity index (χ1v) is 7.12. The molecule has 100 valence electrons. The topological polar surface area (TPSA) is 41.1 Å². The normalized spacial score (nSPS) is 10.7. The third kappa shape index (κ3) is 6.17. The van der Waals surface area contributed by atoms with Gasteiger partial charge in [0.15, 0.2) is 0 Å². The molecular formula is C14H21BrN2O. The highest BCUT2D eigenvalue weighted by Gasteiger charge is 2.03. The van der Waals surface area contributed by atoms with Crippen LogP contribution in [0.15, 0.2) is 28.7 Å². The number of nitrogens with one attached hydrogen (secondary N) is 2. The van der Waals surface area contributed by atoms with Crippen molar-refractivity contribution >= 4 is 21.8 Å². The predicted molar refractivity (Wildman–Crippen MR) is 78.4 cm³/mol. The van der Waals surface area contributed by atoms with Gasteiger partial charge in [0, 0.05) is 23.5 Å². The molecule has 1 aromatic carbocycles. The molecule has 18 heavy (non-hydrogen) atoms. The third-order valence-electron chi connectivity index (χ3n) is 2.57. The van der Waals surface area contributed by atoms with Gasteiger partial charge in [0.05, 0.1) is 0 Å². The van der Waals surface area contributed by atoms with Gasteiger partial charge in [-0.3, -0.25) is 4.79 Å². The molecule has 0 atom stereocenters. The minimum atomic E-state index is 0.108. The average Bonchev–Trinajstić information content (AvgIpc) is 2.33. The molecule has 0 aliphatic carbocycles. The van der Waals surface area contributed by atoms with E-state index in [-0.39, 0.29) is 5.91 Å². The Morgan fingerprint density at radius 3 is 2.72 bits per heavy atom. The van der Waals surface area contributed by atoms with Crippen LogP contribution in [0.3, 0.4) is 0 Å². The zero-order chi connectivity index (χ0) is 13.4. The van der Waals surface area contributed by atoms with Crippen molar-refractivity contribution in [2.75, 3.05) is 6.54 Å². The van der Waals surface area contributed by atoms with Crippen molar-refractivity contribution in [3.63, 3.8) is 0 Å². The van der Waals surface area contributed by atoms with E-state index in [1.165, 1.54) is 0 Å². The zero-order valence-corrected chi connectivity index (χ0v) is 12.6. The lowest BCUT2D eigenvalue weighted by atomic mass is 10.2. The average molecular weight is 313 g/mol. The van der Waals surface area contributed by atoms with Crippen LogP contribution in [0.25, 0.3) is 0 Å². The van der Waals surface area contributed by atoms with Crippen molar-refractivity contribution in [2.45, 2.75) is 39.3 Å². The van der Waals surface area contributed by atoms with Crippen molar-refractivity contribution in [1.29, 1.82) is 0 Å². The first-order chi connectivity index (χ1) is 8.59. The first kappa shape index (κ1) is 15.2. The van der Waals surface area contributed by atoms with Crippen LogP contribution in [0.5, 0.6) is 0 Å². The maximum Gasteiger partial charge on any atom is 0.220 e. The Balaban J connectivity index is 2.19. The van der Waals surface area contributed by atoms with Crippen LogP contribution in [-0.4, -0.2) is 18.5 Å². The molecule has 0 unspecified atom stereocenters. The largest absolute Gasteiger partial charge is 0.352 e. The van der Waals surface area contributed by atoms with Crippen molar-refractivity contribution in [3.05, 3.63) is 34.3 Å². The van der Waals surface area contributed by atoms with Crippen molar-refractivity contribution in [1.82, 2.24) is 10.6 Å². The van der Waals surface area contributed by atoms with Gasteiger partial charge in [-0.05, 0) is 24.6 Å². The fraction of sp³-hybridized carbons (Fsp3) is 0.500. The van der Waals surface area contributed by atoms with E-state index in [0.717, 1.165) is 23.0 Å². The second kappa shape index (κ2) is 8.27. The number of hydrogen-bond acceptors (Lipinski definition) is 2. The van der Waals surface area contributed by atoms with E-state index in [1.807, 2.05) is 24.3 Å². The first-order valence-electron chi connectivity index (χ1n) is 6.33. The Bertz CT molecular complexity index is 380. The van der Waals surface area contributed by atoms with E-state index in [0.29, 0.717) is 19.0 Å². The number of rotatable bonds is 7. The molecule has 0 heterocycles. The number of benzene rings is 1. The Morgan fingerprint density at radius 1 is 1.33 bits per heavy atom. The van der Waals surface area contributed by atoms with Crippen LogP contribution in [0, 0.1) is 0 Å². The van der Waals surface area contributed by atoms with Gasteiger partial charge in [0.25, 0.3) is 0 Å². The molecule has 2 N–H and O–H groups in total. The van der Waals surface area contributed by atoms with Gasteiger partial charge >= 0.3 is 0 Å². The third-order valence-corrected chi connectivity index (χ3v) is 3.34. The minimum Gasteiger partial charge on any atom is -0.352 e. The molecule has 0 aliphatic heterocycles. The molecule has 0 fully saturated rings. The summed E-state index contributed by atoms with van der Waals surface area (Å²) >= 11 is 3.46. The van der Waals surface area contributed by atoms with Gasteiger partial charge in [-0.2, -0.15) is 0 Å². The molecule has 0 bridgehead atoms. The molecule has 0 saturated carbocycles. The highest BCUT2D eigenvalue weighted by atomic mass is 79.9. The SMILES string of the molecule is CC(C)NCCCC(=O)NCc1ccccc1Br. The van der Waals surface area contributed by atoms with E-state index >= 15 is 0 Å². The molecule has 0 aliphatic rings. The zero-order valence-electron chi connectivity index (χ0n) is 11.0. The maximum absolute atomic E-state index is 11.6. The molecule has 0 radical (unpaired) electrons. The molecule has 1 amide bonds.